The fraction of sp³-hybridized carbons (Fsp3) is 0.412. The summed E-state index contributed by atoms with van der Waals surface area (Å²) >= 11 is 0. The van der Waals surface area contributed by atoms with Crippen molar-refractivity contribution in [2.75, 3.05) is 32.1 Å². The molecule has 1 aromatic rings. The molecule has 1 aromatic carbocycles. The average molecular weight is 352 g/mol. The summed E-state index contributed by atoms with van der Waals surface area (Å²) in [5.74, 6) is 5.10. The smallest absolute Gasteiger partial charge is 0.339 e. The monoisotopic (exact) mass is 351 g/mol. The third-order valence-corrected chi connectivity index (χ3v) is 3.73. The summed E-state index contributed by atoms with van der Waals surface area (Å²) in [6.45, 7) is 1.89. The van der Waals surface area contributed by atoms with Crippen LogP contribution in [0.4, 0.5) is 5.69 Å². The highest BCUT2D eigenvalue weighted by Crippen LogP contribution is 2.19. The van der Waals surface area contributed by atoms with Crippen LogP contribution in [0.1, 0.15) is 28.8 Å². The van der Waals surface area contributed by atoms with Crippen LogP contribution in [0.5, 0.6) is 0 Å². The highest BCUT2D eigenvalue weighted by molar-refractivity contribution is 5.96. The Balaban J connectivity index is 0.00000288. The molecule has 1 amide bonds. The van der Waals surface area contributed by atoms with Gasteiger partial charge in [0.2, 0.25) is 5.91 Å². The molecule has 0 radical (unpaired) electrons. The van der Waals surface area contributed by atoms with Crippen LogP contribution in [0.25, 0.3) is 0 Å². The minimum Gasteiger partial charge on any atom is -0.465 e. The Morgan fingerprint density at radius 3 is 2.71 bits per heavy atom. The van der Waals surface area contributed by atoms with Crippen molar-refractivity contribution in [1.29, 1.82) is 0 Å². The van der Waals surface area contributed by atoms with Crippen LogP contribution >= 0.6 is 12.4 Å². The van der Waals surface area contributed by atoms with Gasteiger partial charge in [0.25, 0.3) is 0 Å². The van der Waals surface area contributed by atoms with Crippen LogP contribution < -0.4 is 16.4 Å². The van der Waals surface area contributed by atoms with Crippen LogP contribution in [-0.2, 0) is 9.53 Å². The number of rotatable bonds is 3. The predicted molar refractivity (Wildman–Crippen MR) is 95.2 cm³/mol. The van der Waals surface area contributed by atoms with Gasteiger partial charge in [0.1, 0.15) is 0 Å². The molecule has 1 saturated heterocycles. The molecule has 7 heteroatoms. The van der Waals surface area contributed by atoms with Gasteiger partial charge >= 0.3 is 5.97 Å². The van der Waals surface area contributed by atoms with E-state index in [-0.39, 0.29) is 30.8 Å². The van der Waals surface area contributed by atoms with E-state index >= 15 is 0 Å². The van der Waals surface area contributed by atoms with Gasteiger partial charge in [-0.2, -0.15) is 0 Å². The first-order valence-corrected chi connectivity index (χ1v) is 7.58. The van der Waals surface area contributed by atoms with Crippen LogP contribution in [0.2, 0.25) is 0 Å². The molecule has 0 atom stereocenters. The summed E-state index contributed by atoms with van der Waals surface area (Å²) in [6, 6.07) is 4.96. The average Bonchev–Trinajstić information content (AvgIpc) is 2.60. The van der Waals surface area contributed by atoms with Crippen LogP contribution in [-0.4, -0.2) is 38.6 Å². The molecule has 1 fully saturated rings. The van der Waals surface area contributed by atoms with Crippen molar-refractivity contribution in [1.82, 2.24) is 5.32 Å². The first kappa shape index (κ1) is 20.0. The summed E-state index contributed by atoms with van der Waals surface area (Å²) < 4.78 is 4.74. The second kappa shape index (κ2) is 9.93. The van der Waals surface area contributed by atoms with Gasteiger partial charge in [-0.1, -0.05) is 11.8 Å². The number of ether oxygens (including phenoxy) is 1. The number of anilines is 1. The molecule has 0 saturated carbocycles. The Morgan fingerprint density at radius 1 is 1.38 bits per heavy atom. The van der Waals surface area contributed by atoms with E-state index in [0.717, 1.165) is 25.9 Å². The number of amides is 1. The highest BCUT2D eigenvalue weighted by atomic mass is 35.5. The lowest BCUT2D eigenvalue weighted by Gasteiger charge is -2.21. The maximum Gasteiger partial charge on any atom is 0.339 e. The first-order chi connectivity index (χ1) is 11.2. The van der Waals surface area contributed by atoms with Crippen molar-refractivity contribution in [2.24, 2.45) is 11.7 Å². The van der Waals surface area contributed by atoms with E-state index in [1.54, 1.807) is 18.2 Å². The summed E-state index contributed by atoms with van der Waals surface area (Å²) in [5.41, 5.74) is 6.85. The van der Waals surface area contributed by atoms with Gasteiger partial charge in [-0.3, -0.25) is 4.79 Å². The van der Waals surface area contributed by atoms with Gasteiger partial charge in [-0.05, 0) is 44.1 Å². The Hall–Kier alpha value is -2.07. The Labute approximate surface area is 147 Å². The number of hydrogen-bond donors (Lipinski definition) is 3. The maximum atomic E-state index is 12.3. The largest absolute Gasteiger partial charge is 0.465 e. The standard InChI is InChI=1S/C17H21N3O3.ClH/c1-23-17(22)15-5-4-14(11-13(15)3-2-8-18)20-16(21)12-6-9-19-10-7-12;/h4-5,11-12,19H,6-10,18H2,1H3,(H,20,21);1H. The van der Waals surface area contributed by atoms with Crippen LogP contribution in [0.3, 0.4) is 0 Å². The molecule has 2 rings (SSSR count). The van der Waals surface area contributed by atoms with Crippen LogP contribution in [0, 0.1) is 17.8 Å². The molecule has 0 bridgehead atoms. The molecule has 130 valence electrons. The molecule has 0 aromatic heterocycles. The number of carbonyl (C=O) groups excluding carboxylic acids is 2. The fourth-order valence-corrected chi connectivity index (χ4v) is 2.49. The van der Waals surface area contributed by atoms with Crippen molar-refractivity contribution in [3.63, 3.8) is 0 Å². The quantitative estimate of drug-likeness (QED) is 0.561. The summed E-state index contributed by atoms with van der Waals surface area (Å²) in [6.07, 6.45) is 1.65. The second-order valence-electron chi connectivity index (χ2n) is 5.27. The predicted octanol–water partition coefficient (Wildman–Crippen LogP) is 1.14. The van der Waals surface area contributed by atoms with Gasteiger partial charge in [0.05, 0.1) is 19.2 Å². The lowest BCUT2D eigenvalue weighted by Crippen LogP contribution is -2.34. The highest BCUT2D eigenvalue weighted by Gasteiger charge is 2.21. The minimum atomic E-state index is -0.470. The molecule has 0 spiro atoms. The number of nitrogens with one attached hydrogen (secondary N) is 2. The van der Waals surface area contributed by atoms with E-state index in [1.807, 2.05) is 0 Å². The normalized spacial score (nSPS) is 13.9. The van der Waals surface area contributed by atoms with Gasteiger partial charge in [-0.15, -0.1) is 12.4 Å². The lowest BCUT2D eigenvalue weighted by atomic mass is 9.97. The molecule has 4 N–H and O–H groups in total. The van der Waals surface area contributed by atoms with E-state index in [2.05, 4.69) is 22.5 Å². The van der Waals surface area contributed by atoms with E-state index in [9.17, 15) is 9.59 Å². The third-order valence-electron chi connectivity index (χ3n) is 3.73. The molecule has 6 nitrogen and oxygen atoms in total. The lowest BCUT2D eigenvalue weighted by molar-refractivity contribution is -0.120. The fourth-order valence-electron chi connectivity index (χ4n) is 2.49. The molecule has 0 aliphatic carbocycles. The SMILES string of the molecule is COC(=O)c1ccc(NC(=O)C2CCNCC2)cc1C#CCN.Cl. The molecular weight excluding hydrogens is 330 g/mol. The zero-order valence-electron chi connectivity index (χ0n) is 13.6. The van der Waals surface area contributed by atoms with Gasteiger partial charge in [-0.25, -0.2) is 4.79 Å². The molecule has 1 heterocycles. The van der Waals surface area contributed by atoms with Crippen molar-refractivity contribution < 1.29 is 14.3 Å². The molecule has 1 aliphatic rings. The number of halogens is 1. The zero-order valence-corrected chi connectivity index (χ0v) is 14.4. The number of nitrogens with two attached hydrogens (primary N) is 1. The molecule has 1 aliphatic heterocycles. The number of piperidine rings is 1. The first-order valence-electron chi connectivity index (χ1n) is 7.58. The number of benzene rings is 1. The van der Waals surface area contributed by atoms with E-state index in [0.29, 0.717) is 16.8 Å². The maximum absolute atomic E-state index is 12.3. The number of carbonyl (C=O) groups is 2. The van der Waals surface area contributed by atoms with E-state index in [4.69, 9.17) is 10.5 Å². The van der Waals surface area contributed by atoms with Gasteiger partial charge < -0.3 is 21.1 Å². The molecule has 24 heavy (non-hydrogen) atoms. The van der Waals surface area contributed by atoms with Crippen LogP contribution in [0.15, 0.2) is 18.2 Å². The summed E-state index contributed by atoms with van der Waals surface area (Å²) in [7, 11) is 1.31. The number of methoxy groups -OCH3 is 1. The zero-order chi connectivity index (χ0) is 16.7. The molecular formula is C17H22ClN3O3. The Kier molecular flexibility index (Phi) is 8.27. The van der Waals surface area contributed by atoms with Crippen molar-refractivity contribution in [3.8, 4) is 11.8 Å². The van der Waals surface area contributed by atoms with Crippen molar-refractivity contribution in [2.45, 2.75) is 12.8 Å². The number of hydrogen-bond acceptors (Lipinski definition) is 5. The molecule has 0 unspecified atom stereocenters. The summed E-state index contributed by atoms with van der Waals surface area (Å²) in [4.78, 5) is 24.0. The van der Waals surface area contributed by atoms with Crippen molar-refractivity contribution in [3.05, 3.63) is 29.3 Å². The second-order valence-corrected chi connectivity index (χ2v) is 5.27. The topological polar surface area (TPSA) is 93.4 Å². The summed E-state index contributed by atoms with van der Waals surface area (Å²) in [5, 5.41) is 6.13. The van der Waals surface area contributed by atoms with Gasteiger partial charge in [0, 0.05) is 17.2 Å². The van der Waals surface area contributed by atoms with E-state index in [1.165, 1.54) is 7.11 Å². The Morgan fingerprint density at radius 2 is 2.08 bits per heavy atom. The number of esters is 1. The van der Waals surface area contributed by atoms with Crippen molar-refractivity contribution >= 4 is 30.0 Å². The van der Waals surface area contributed by atoms with Gasteiger partial charge in [0.15, 0.2) is 0 Å². The van der Waals surface area contributed by atoms with E-state index < -0.39 is 5.97 Å². The Bertz CT molecular complexity index is 646. The third kappa shape index (κ3) is 5.24. The minimum absolute atomic E-state index is 0.